The van der Waals surface area contributed by atoms with Crippen molar-refractivity contribution in [2.24, 2.45) is 0 Å². The molecular formula is C14H21N3O4S. The quantitative estimate of drug-likeness (QED) is 0.503. The van der Waals surface area contributed by atoms with Gasteiger partial charge in [0.25, 0.3) is 5.88 Å². The second-order valence-electron chi connectivity index (χ2n) is 6.80. The monoisotopic (exact) mass is 327 g/mol. The van der Waals surface area contributed by atoms with Crippen LogP contribution in [0.2, 0.25) is 0 Å². The first-order valence-electron chi connectivity index (χ1n) is 7.12. The third-order valence-corrected chi connectivity index (χ3v) is 4.38. The number of hydrogen-bond acceptors (Lipinski definition) is 8. The molecule has 0 aliphatic carbocycles. The minimum Gasteiger partial charge on any atom is -0.472 e. The van der Waals surface area contributed by atoms with Crippen LogP contribution in [0.15, 0.2) is 0 Å². The second kappa shape index (κ2) is 6.02. The Hall–Kier alpha value is -1.38. The Kier molecular flexibility index (Phi) is 4.65. The van der Waals surface area contributed by atoms with Gasteiger partial charge < -0.3 is 14.7 Å². The lowest BCUT2D eigenvalue weighted by atomic mass is 9.80. The third-order valence-electron chi connectivity index (χ3n) is 3.87. The molecule has 0 radical (unpaired) electrons. The van der Waals surface area contributed by atoms with Crippen LogP contribution in [0.25, 0.3) is 0 Å². The summed E-state index contributed by atoms with van der Waals surface area (Å²) in [5.74, 6) is -0.211. The molecule has 1 aromatic heterocycles. The molecule has 7 nitrogen and oxygen atoms in total. The topological polar surface area (TPSA) is 92.6 Å². The fourth-order valence-corrected chi connectivity index (χ4v) is 3.53. The molecule has 1 aliphatic rings. The molecule has 2 rings (SSSR count). The van der Waals surface area contributed by atoms with Crippen LogP contribution < -0.4 is 4.74 Å². The van der Waals surface area contributed by atoms with Gasteiger partial charge in [-0.25, -0.2) is 0 Å². The van der Waals surface area contributed by atoms with E-state index in [9.17, 15) is 14.8 Å². The largest absolute Gasteiger partial charge is 0.472 e. The predicted octanol–water partition coefficient (Wildman–Crippen LogP) is 2.10. The highest BCUT2D eigenvalue weighted by atomic mass is 32.1. The molecule has 8 heteroatoms. The van der Waals surface area contributed by atoms with Crippen LogP contribution in [0, 0.1) is 0 Å². The number of aldehydes is 1. The minimum atomic E-state index is -0.456. The van der Waals surface area contributed by atoms with E-state index in [-0.39, 0.29) is 24.1 Å². The number of ether oxygens (including phenoxy) is 1. The van der Waals surface area contributed by atoms with Crippen molar-refractivity contribution < 1.29 is 19.5 Å². The summed E-state index contributed by atoms with van der Waals surface area (Å²) < 4.78 is 13.8. The number of piperidine rings is 1. The molecule has 22 heavy (non-hydrogen) atoms. The Morgan fingerprint density at radius 2 is 1.95 bits per heavy atom. The number of rotatable bonds is 5. The number of nitrogens with zero attached hydrogens (tertiary/aromatic N) is 3. The predicted molar refractivity (Wildman–Crippen MR) is 80.4 cm³/mol. The van der Waals surface area contributed by atoms with E-state index in [0.29, 0.717) is 19.1 Å². The number of hydrogen-bond donors (Lipinski definition) is 1. The highest BCUT2D eigenvalue weighted by Crippen LogP contribution is 2.38. The highest BCUT2D eigenvalue weighted by molar-refractivity contribution is 6.99. The zero-order valence-corrected chi connectivity index (χ0v) is 14.0. The Balaban J connectivity index is 2.16. The van der Waals surface area contributed by atoms with Crippen LogP contribution in [0.3, 0.4) is 0 Å². The average Bonchev–Trinajstić information content (AvgIpc) is 2.83. The molecule has 0 unspecified atom stereocenters. The molecule has 2 heterocycles. The minimum absolute atomic E-state index is 0.110. The number of hydroxylamine groups is 2. The van der Waals surface area contributed by atoms with Crippen molar-refractivity contribution in [1.29, 1.82) is 0 Å². The number of Topliss-reactive ketones (excluding diaryl/α,β-unsaturated/α-hetero) is 1. The van der Waals surface area contributed by atoms with Crippen molar-refractivity contribution in [3.8, 4) is 5.88 Å². The summed E-state index contributed by atoms with van der Waals surface area (Å²) in [7, 11) is 0. The summed E-state index contributed by atoms with van der Waals surface area (Å²) in [6, 6.07) is 0. The first kappa shape index (κ1) is 17.0. The van der Waals surface area contributed by atoms with Crippen LogP contribution >= 0.6 is 11.7 Å². The number of ketones is 1. The maximum atomic E-state index is 11.8. The molecule has 0 atom stereocenters. The zero-order valence-electron chi connectivity index (χ0n) is 13.2. The van der Waals surface area contributed by atoms with Crippen molar-refractivity contribution in [1.82, 2.24) is 13.8 Å². The molecule has 0 aromatic carbocycles. The van der Waals surface area contributed by atoms with E-state index in [1.54, 1.807) is 0 Å². The molecule has 1 saturated heterocycles. The van der Waals surface area contributed by atoms with Gasteiger partial charge in [0.05, 0.1) is 18.1 Å². The number of carbonyl (C=O) groups is 2. The average molecular weight is 327 g/mol. The fraction of sp³-hybridized carbons (Fsp3) is 0.714. The highest BCUT2D eigenvalue weighted by Gasteiger charge is 2.46. The lowest BCUT2D eigenvalue weighted by Gasteiger charge is -2.50. The van der Waals surface area contributed by atoms with Gasteiger partial charge in [0.2, 0.25) is 0 Å². The molecule has 122 valence electrons. The van der Waals surface area contributed by atoms with Gasteiger partial charge in [-0.3, -0.25) is 4.79 Å². The second-order valence-corrected chi connectivity index (χ2v) is 7.33. The smallest absolute Gasteiger partial charge is 0.257 e. The Bertz CT molecular complexity index is 552. The van der Waals surface area contributed by atoms with Crippen molar-refractivity contribution in [2.75, 3.05) is 0 Å². The Labute approximate surface area is 133 Å². The van der Waals surface area contributed by atoms with E-state index in [1.165, 1.54) is 5.06 Å². The SMILES string of the molecule is CC1(C)CC(Oc2nsnc2C(=O)CC=O)CC(C)(C)N1O. The van der Waals surface area contributed by atoms with Crippen molar-refractivity contribution in [3.63, 3.8) is 0 Å². The van der Waals surface area contributed by atoms with Crippen LogP contribution in [-0.2, 0) is 4.79 Å². The van der Waals surface area contributed by atoms with Gasteiger partial charge in [-0.15, -0.1) is 4.37 Å². The molecule has 1 aliphatic heterocycles. The van der Waals surface area contributed by atoms with E-state index in [0.717, 1.165) is 11.7 Å². The lowest BCUT2D eigenvalue weighted by molar-refractivity contribution is -0.255. The van der Waals surface area contributed by atoms with Crippen LogP contribution in [0.5, 0.6) is 5.88 Å². The number of aromatic nitrogens is 2. The van der Waals surface area contributed by atoms with Gasteiger partial charge in [-0.05, 0) is 27.7 Å². The zero-order chi connectivity index (χ0) is 16.5. The normalized spacial score (nSPS) is 21.5. The summed E-state index contributed by atoms with van der Waals surface area (Å²) >= 11 is 0.888. The fourth-order valence-electron chi connectivity index (χ4n) is 3.02. The van der Waals surface area contributed by atoms with Gasteiger partial charge in [0.1, 0.15) is 12.4 Å². The van der Waals surface area contributed by atoms with Crippen molar-refractivity contribution >= 4 is 23.8 Å². The van der Waals surface area contributed by atoms with Gasteiger partial charge in [-0.1, -0.05) is 0 Å². The van der Waals surface area contributed by atoms with Gasteiger partial charge in [0.15, 0.2) is 11.5 Å². The van der Waals surface area contributed by atoms with Gasteiger partial charge in [0, 0.05) is 23.9 Å². The maximum Gasteiger partial charge on any atom is 0.257 e. The summed E-state index contributed by atoms with van der Waals surface area (Å²) in [5.41, 5.74) is -0.801. The lowest BCUT2D eigenvalue weighted by Crippen LogP contribution is -2.61. The first-order valence-corrected chi connectivity index (χ1v) is 7.85. The van der Waals surface area contributed by atoms with E-state index in [4.69, 9.17) is 4.74 Å². The van der Waals surface area contributed by atoms with Crippen LogP contribution in [0.4, 0.5) is 0 Å². The van der Waals surface area contributed by atoms with E-state index in [2.05, 4.69) is 8.75 Å². The van der Waals surface area contributed by atoms with Gasteiger partial charge in [-0.2, -0.15) is 9.44 Å². The number of carbonyl (C=O) groups excluding carboxylic acids is 2. The molecule has 0 spiro atoms. The van der Waals surface area contributed by atoms with E-state index in [1.807, 2.05) is 27.7 Å². The first-order chi connectivity index (χ1) is 10.2. The summed E-state index contributed by atoms with van der Waals surface area (Å²) in [6.45, 7) is 7.73. The molecule has 1 aromatic rings. The molecule has 0 bridgehead atoms. The summed E-state index contributed by atoms with van der Waals surface area (Å²) in [5, 5.41) is 11.6. The Morgan fingerprint density at radius 1 is 1.36 bits per heavy atom. The van der Waals surface area contributed by atoms with E-state index < -0.39 is 16.9 Å². The standard InChI is InChI=1S/C14H21N3O4S/c1-13(2)7-9(8-14(3,4)17(13)20)21-12-11(15-22-16-12)10(19)5-6-18/h6,9,20H,5,7-8H2,1-4H3. The molecule has 0 amide bonds. The molecule has 1 N–H and O–H groups in total. The van der Waals surface area contributed by atoms with Crippen molar-refractivity contribution in [2.45, 2.75) is 64.1 Å². The van der Waals surface area contributed by atoms with Crippen molar-refractivity contribution in [3.05, 3.63) is 5.69 Å². The molecule has 1 fully saturated rings. The van der Waals surface area contributed by atoms with Crippen LogP contribution in [-0.4, -0.2) is 48.3 Å². The molecule has 0 saturated carbocycles. The van der Waals surface area contributed by atoms with E-state index >= 15 is 0 Å². The third kappa shape index (κ3) is 3.34. The van der Waals surface area contributed by atoms with Gasteiger partial charge >= 0.3 is 0 Å². The summed E-state index contributed by atoms with van der Waals surface area (Å²) in [6.07, 6.45) is 1.30. The van der Waals surface area contributed by atoms with Crippen LogP contribution in [0.1, 0.15) is 57.4 Å². The maximum absolute atomic E-state index is 11.8. The molecular weight excluding hydrogens is 306 g/mol. The Morgan fingerprint density at radius 3 is 2.50 bits per heavy atom. The summed E-state index contributed by atoms with van der Waals surface area (Å²) in [4.78, 5) is 22.3.